The summed E-state index contributed by atoms with van der Waals surface area (Å²) in [4.78, 5) is 0. The fourth-order valence-electron chi connectivity index (χ4n) is 1.12. The summed E-state index contributed by atoms with van der Waals surface area (Å²) in [5, 5.41) is 36.1. The van der Waals surface area contributed by atoms with Gasteiger partial charge in [0.2, 0.25) is 0 Å². The van der Waals surface area contributed by atoms with E-state index in [2.05, 4.69) is 14.0 Å². The highest BCUT2D eigenvalue weighted by atomic mass is 17.0. The zero-order valence-corrected chi connectivity index (χ0v) is 5.88. The van der Waals surface area contributed by atoms with E-state index in [-0.39, 0.29) is 0 Å². The first-order valence-electron chi connectivity index (χ1n) is 3.29. The Hall–Kier alpha value is -0.215. The van der Waals surface area contributed by atoms with Crippen LogP contribution in [0.15, 0.2) is 0 Å². The van der Waals surface area contributed by atoms with Crippen molar-refractivity contribution in [1.29, 1.82) is 0 Å². The van der Waals surface area contributed by atoms with Gasteiger partial charge in [0.15, 0.2) is 0 Å². The summed E-state index contributed by atoms with van der Waals surface area (Å²) < 4.78 is 13.5. The molecule has 3 aliphatic rings. The average molecular weight is 178 g/mol. The lowest BCUT2D eigenvalue weighted by atomic mass is 10.1. The second-order valence-corrected chi connectivity index (χ2v) is 2.62. The lowest BCUT2D eigenvalue weighted by molar-refractivity contribution is -0.417. The van der Waals surface area contributed by atoms with E-state index in [1.54, 1.807) is 0 Å². The molecule has 68 valence electrons. The molecule has 3 saturated heterocycles. The highest BCUT2D eigenvalue weighted by Crippen LogP contribution is 2.46. The van der Waals surface area contributed by atoms with Crippen molar-refractivity contribution in [3.8, 4) is 0 Å². The van der Waals surface area contributed by atoms with Gasteiger partial charge in [-0.15, -0.1) is 0 Å². The molecular formula is C4H7BO7. The Labute approximate surface area is 67.3 Å². The quantitative estimate of drug-likeness (QED) is 0.328. The minimum atomic E-state index is -2.41. The van der Waals surface area contributed by atoms with E-state index in [1.165, 1.54) is 0 Å². The summed E-state index contributed by atoms with van der Waals surface area (Å²) in [5.41, 5.74) is 0. The molecule has 0 amide bonds. The van der Waals surface area contributed by atoms with Crippen LogP contribution in [0, 0.1) is 0 Å². The normalized spacial score (nSPS) is 47.5. The molecule has 0 spiro atoms. The Bertz CT molecular complexity index is 204. The molecule has 3 aliphatic heterocycles. The third-order valence-corrected chi connectivity index (χ3v) is 1.87. The molecule has 12 heavy (non-hydrogen) atoms. The van der Waals surface area contributed by atoms with Crippen molar-refractivity contribution in [1.82, 2.24) is 0 Å². The number of hydrogen-bond donors (Lipinski definition) is 4. The van der Waals surface area contributed by atoms with Crippen molar-refractivity contribution in [3.63, 3.8) is 0 Å². The molecule has 2 bridgehead atoms. The van der Waals surface area contributed by atoms with Crippen LogP contribution in [0.1, 0.15) is 0 Å². The topological polar surface area (TPSA) is 109 Å². The van der Waals surface area contributed by atoms with E-state index in [4.69, 9.17) is 10.2 Å². The van der Waals surface area contributed by atoms with E-state index < -0.39 is 31.8 Å². The molecule has 8 heteroatoms. The Morgan fingerprint density at radius 2 is 1.83 bits per heavy atom. The molecule has 3 fully saturated rings. The van der Waals surface area contributed by atoms with Gasteiger partial charge in [0.05, 0.1) is 6.61 Å². The van der Waals surface area contributed by atoms with E-state index in [9.17, 15) is 10.2 Å². The molecular weight excluding hydrogens is 171 g/mol. The fourth-order valence-corrected chi connectivity index (χ4v) is 1.12. The van der Waals surface area contributed by atoms with Crippen LogP contribution in [-0.2, 0) is 14.0 Å². The fraction of sp³-hybridized carbons (Fsp3) is 1.00. The summed E-state index contributed by atoms with van der Waals surface area (Å²) >= 11 is 0. The van der Waals surface area contributed by atoms with Crippen molar-refractivity contribution >= 4 is 7.32 Å². The molecule has 3 rings (SSSR count). The number of aliphatic hydroxyl groups is 4. The van der Waals surface area contributed by atoms with Gasteiger partial charge >= 0.3 is 13.3 Å². The molecule has 0 aromatic heterocycles. The minimum absolute atomic E-state index is 0.780. The lowest BCUT2D eigenvalue weighted by Crippen LogP contribution is -2.63. The summed E-state index contributed by atoms with van der Waals surface area (Å²) in [7, 11) is -1.18. The number of fused-ring (bicyclic) bond motifs is 1. The second kappa shape index (κ2) is 2.18. The van der Waals surface area contributed by atoms with Crippen molar-refractivity contribution in [3.05, 3.63) is 0 Å². The molecule has 4 N–H and O–H groups in total. The van der Waals surface area contributed by atoms with Crippen LogP contribution >= 0.6 is 0 Å². The van der Waals surface area contributed by atoms with E-state index in [0.717, 1.165) is 0 Å². The molecule has 2 unspecified atom stereocenters. The van der Waals surface area contributed by atoms with Gasteiger partial charge in [-0.05, 0) is 0 Å². The van der Waals surface area contributed by atoms with Crippen LogP contribution in [0.4, 0.5) is 0 Å². The SMILES string of the molecule is OCC(O)C1(O)OB2OC1(O)O2. The zero-order chi connectivity index (χ0) is 8.98. The van der Waals surface area contributed by atoms with Crippen molar-refractivity contribution in [2.24, 2.45) is 0 Å². The van der Waals surface area contributed by atoms with Gasteiger partial charge in [-0.3, -0.25) is 0 Å². The lowest BCUT2D eigenvalue weighted by Gasteiger charge is -2.36. The highest BCUT2D eigenvalue weighted by molar-refractivity contribution is 6.40. The zero-order valence-electron chi connectivity index (χ0n) is 5.88. The third kappa shape index (κ3) is 0.747. The van der Waals surface area contributed by atoms with Crippen LogP contribution in [0.25, 0.3) is 0 Å². The smallest absolute Gasteiger partial charge is 0.393 e. The van der Waals surface area contributed by atoms with Gasteiger partial charge in [0, 0.05) is 0 Å². The molecule has 3 heterocycles. The molecule has 0 radical (unpaired) electrons. The summed E-state index contributed by atoms with van der Waals surface area (Å²) in [6.07, 6.45) is -1.69. The van der Waals surface area contributed by atoms with E-state index in [0.29, 0.717) is 0 Å². The van der Waals surface area contributed by atoms with Gasteiger partial charge < -0.3 is 34.4 Å². The van der Waals surface area contributed by atoms with Crippen LogP contribution < -0.4 is 0 Å². The first kappa shape index (κ1) is 8.39. The maximum Gasteiger partial charge on any atom is 0.649 e. The highest BCUT2D eigenvalue weighted by Gasteiger charge is 2.77. The van der Waals surface area contributed by atoms with Crippen LogP contribution in [0.2, 0.25) is 0 Å². The minimum Gasteiger partial charge on any atom is -0.393 e. The first-order chi connectivity index (χ1) is 5.52. The average Bonchev–Trinajstić information content (AvgIpc) is 2.35. The standard InChI is InChI=1S/C4H7BO7/c6-1-2(7)3(8)4(9)11-5(10-3)12-4/h2,6-9H,1H2. The van der Waals surface area contributed by atoms with E-state index >= 15 is 0 Å². The summed E-state index contributed by atoms with van der Waals surface area (Å²) in [6, 6.07) is 0. The number of rotatable bonds is 2. The largest absolute Gasteiger partial charge is 0.649 e. The van der Waals surface area contributed by atoms with Crippen LogP contribution in [0.5, 0.6) is 0 Å². The van der Waals surface area contributed by atoms with Crippen molar-refractivity contribution in [2.45, 2.75) is 17.9 Å². The van der Waals surface area contributed by atoms with Gasteiger partial charge in [-0.2, -0.15) is 0 Å². The Morgan fingerprint density at radius 3 is 2.17 bits per heavy atom. The monoisotopic (exact) mass is 178 g/mol. The van der Waals surface area contributed by atoms with Crippen LogP contribution in [-0.4, -0.2) is 52.2 Å². The maximum atomic E-state index is 9.40. The second-order valence-electron chi connectivity index (χ2n) is 2.62. The van der Waals surface area contributed by atoms with Gasteiger partial charge in [0.25, 0.3) is 5.79 Å². The summed E-state index contributed by atoms with van der Waals surface area (Å²) in [6.45, 7) is -0.780. The third-order valence-electron chi connectivity index (χ3n) is 1.87. The molecule has 2 atom stereocenters. The maximum absolute atomic E-state index is 9.40. The van der Waals surface area contributed by atoms with Crippen LogP contribution in [0.3, 0.4) is 0 Å². The molecule has 7 nitrogen and oxygen atoms in total. The predicted octanol–water partition coefficient (Wildman–Crippen LogP) is -3.26. The molecule has 0 aromatic rings. The number of hydrogen-bond acceptors (Lipinski definition) is 7. The van der Waals surface area contributed by atoms with Crippen molar-refractivity contribution in [2.75, 3.05) is 6.61 Å². The van der Waals surface area contributed by atoms with Gasteiger partial charge in [-0.1, -0.05) is 0 Å². The van der Waals surface area contributed by atoms with E-state index in [1.807, 2.05) is 0 Å². The molecule has 0 aliphatic carbocycles. The number of aliphatic hydroxyl groups excluding tert-OH is 2. The Balaban J connectivity index is 2.21. The van der Waals surface area contributed by atoms with Gasteiger partial charge in [0.1, 0.15) is 6.10 Å². The van der Waals surface area contributed by atoms with Gasteiger partial charge in [-0.25, -0.2) is 0 Å². The molecule has 0 saturated carbocycles. The summed E-state index contributed by atoms with van der Waals surface area (Å²) in [5.74, 6) is -4.77. The predicted molar refractivity (Wildman–Crippen MR) is 32.0 cm³/mol. The van der Waals surface area contributed by atoms with Crippen molar-refractivity contribution < 1.29 is 34.4 Å². The molecule has 0 aromatic carbocycles. The Morgan fingerprint density at radius 1 is 1.25 bits per heavy atom. The Kier molecular flexibility index (Phi) is 1.52. The first-order valence-corrected chi connectivity index (χ1v) is 3.29.